The van der Waals surface area contributed by atoms with Crippen LogP contribution >= 0.6 is 0 Å². The molecule has 43 heavy (non-hydrogen) atoms. The Hall–Kier alpha value is -4.53. The normalized spacial score (nSPS) is 13.0. The third-order valence-corrected chi connectivity index (χ3v) is 6.79. The number of hydrogen-bond acceptors (Lipinski definition) is 6. The number of para-hydroxylation sites is 2. The van der Waals surface area contributed by atoms with Gasteiger partial charge in [-0.2, -0.15) is 0 Å². The summed E-state index contributed by atoms with van der Waals surface area (Å²) in [6.45, 7) is 14.3. The molecule has 0 aliphatic rings. The van der Waals surface area contributed by atoms with Crippen LogP contribution in [0, 0.1) is 13.8 Å². The molecule has 230 valence electrons. The Morgan fingerprint density at radius 3 is 1.95 bits per heavy atom. The molecular weight excluding hydrogens is 546 g/mol. The molecule has 0 aliphatic carbocycles. The van der Waals surface area contributed by atoms with Gasteiger partial charge in [-0.1, -0.05) is 48.5 Å². The third kappa shape index (κ3) is 8.73. The summed E-state index contributed by atoms with van der Waals surface area (Å²) in [5, 5.41) is 26.4. The fraction of sp³-hybridized carbons (Fsp3) is 0.382. The summed E-state index contributed by atoms with van der Waals surface area (Å²) >= 11 is 0. The van der Waals surface area contributed by atoms with Gasteiger partial charge in [-0.25, -0.2) is 4.79 Å². The van der Waals surface area contributed by atoms with Gasteiger partial charge in [-0.15, -0.1) is 0 Å². The number of aryl methyl sites for hydroxylation is 2. The van der Waals surface area contributed by atoms with E-state index >= 15 is 0 Å². The molecular formula is C34H43N3O6. The highest BCUT2D eigenvalue weighted by atomic mass is 16.6. The maximum absolute atomic E-state index is 14.6. The monoisotopic (exact) mass is 589 g/mol. The van der Waals surface area contributed by atoms with E-state index in [2.05, 4.69) is 10.6 Å². The Kier molecular flexibility index (Phi) is 10.1. The van der Waals surface area contributed by atoms with Crippen molar-refractivity contribution in [3.8, 4) is 11.5 Å². The van der Waals surface area contributed by atoms with Crippen molar-refractivity contribution in [3.63, 3.8) is 0 Å². The molecule has 0 saturated heterocycles. The number of phenols is 2. The fourth-order valence-corrected chi connectivity index (χ4v) is 4.85. The van der Waals surface area contributed by atoms with Gasteiger partial charge in [0, 0.05) is 23.2 Å². The number of carbonyl (C=O) groups excluding carboxylic acids is 3. The number of ether oxygens (including phenoxy) is 1. The lowest BCUT2D eigenvalue weighted by molar-refractivity contribution is -0.146. The molecule has 4 N–H and O–H groups in total. The summed E-state index contributed by atoms with van der Waals surface area (Å²) in [4.78, 5) is 43.2. The molecule has 2 unspecified atom stereocenters. The van der Waals surface area contributed by atoms with E-state index in [1.54, 1.807) is 71.9 Å². The third-order valence-electron chi connectivity index (χ3n) is 6.79. The van der Waals surface area contributed by atoms with E-state index in [1.165, 1.54) is 23.1 Å². The first-order chi connectivity index (χ1) is 20.0. The van der Waals surface area contributed by atoms with Gasteiger partial charge in [0.2, 0.25) is 5.91 Å². The summed E-state index contributed by atoms with van der Waals surface area (Å²) in [6.07, 6.45) is -0.741. The molecule has 3 rings (SSSR count). The van der Waals surface area contributed by atoms with E-state index in [1.807, 2.05) is 32.0 Å². The highest BCUT2D eigenvalue weighted by Gasteiger charge is 2.43. The van der Waals surface area contributed by atoms with E-state index in [0.29, 0.717) is 11.3 Å². The maximum Gasteiger partial charge on any atom is 0.408 e. The standard InChI is InChI=1S/C34H43N3O6/c1-21-12-11-13-22(2)28(21)36-30(40)29(25-14-9-10-15-27(25)39)37(33(3,4)5)31(41)26(35-32(42)43-34(6,7)8)20-23-16-18-24(38)19-17-23/h9-19,26,29,38-39H,20H2,1-8H3,(H,35,42)(H,36,40). The van der Waals surface area contributed by atoms with E-state index in [-0.39, 0.29) is 23.5 Å². The molecule has 0 heterocycles. The number of benzene rings is 3. The Balaban J connectivity index is 2.15. The number of nitrogens with zero attached hydrogens (tertiary/aromatic N) is 1. The lowest BCUT2D eigenvalue weighted by Gasteiger charge is -2.43. The van der Waals surface area contributed by atoms with E-state index in [4.69, 9.17) is 4.74 Å². The lowest BCUT2D eigenvalue weighted by Crippen LogP contribution is -2.58. The molecule has 0 aliphatic heterocycles. The zero-order chi connectivity index (χ0) is 32.1. The average molecular weight is 590 g/mol. The predicted octanol–water partition coefficient (Wildman–Crippen LogP) is 6.16. The van der Waals surface area contributed by atoms with Gasteiger partial charge in [0.05, 0.1) is 0 Å². The number of aromatic hydroxyl groups is 2. The number of phenolic OH excluding ortho intramolecular Hbond substituents is 2. The zero-order valence-corrected chi connectivity index (χ0v) is 26.2. The van der Waals surface area contributed by atoms with E-state index in [9.17, 15) is 24.6 Å². The minimum atomic E-state index is -1.27. The van der Waals surface area contributed by atoms with Crippen LogP contribution < -0.4 is 10.6 Å². The molecule has 9 nitrogen and oxygen atoms in total. The quantitative estimate of drug-likeness (QED) is 0.249. The lowest BCUT2D eigenvalue weighted by atomic mass is 9.93. The number of anilines is 1. The van der Waals surface area contributed by atoms with Crippen LogP contribution in [-0.4, -0.2) is 50.2 Å². The number of rotatable bonds is 8. The van der Waals surface area contributed by atoms with Crippen molar-refractivity contribution in [2.75, 3.05) is 5.32 Å². The number of carbonyl (C=O) groups is 3. The molecule has 0 spiro atoms. The van der Waals surface area contributed by atoms with Crippen molar-refractivity contribution in [3.05, 3.63) is 89.0 Å². The van der Waals surface area contributed by atoms with Crippen LogP contribution in [0.4, 0.5) is 10.5 Å². The molecule has 9 heteroatoms. The smallest absolute Gasteiger partial charge is 0.408 e. The summed E-state index contributed by atoms with van der Waals surface area (Å²) in [7, 11) is 0. The molecule has 3 aromatic carbocycles. The van der Waals surface area contributed by atoms with Gasteiger partial charge in [0.25, 0.3) is 5.91 Å². The highest BCUT2D eigenvalue weighted by Crippen LogP contribution is 2.36. The topological polar surface area (TPSA) is 128 Å². The molecule has 2 atom stereocenters. The van der Waals surface area contributed by atoms with Gasteiger partial charge in [-0.3, -0.25) is 9.59 Å². The van der Waals surface area contributed by atoms with Gasteiger partial charge in [0.1, 0.15) is 29.2 Å². The minimum Gasteiger partial charge on any atom is -0.508 e. The Morgan fingerprint density at radius 2 is 1.42 bits per heavy atom. The molecule has 0 radical (unpaired) electrons. The summed E-state index contributed by atoms with van der Waals surface area (Å²) in [5.41, 5.74) is 1.43. The number of hydrogen-bond donors (Lipinski definition) is 4. The molecule has 0 fully saturated rings. The predicted molar refractivity (Wildman–Crippen MR) is 167 cm³/mol. The van der Waals surface area contributed by atoms with Crippen molar-refractivity contribution in [2.45, 2.75) is 85.0 Å². The van der Waals surface area contributed by atoms with Crippen LogP contribution in [0.1, 0.15) is 69.8 Å². The van der Waals surface area contributed by atoms with Crippen LogP contribution in [-0.2, 0) is 20.7 Å². The zero-order valence-electron chi connectivity index (χ0n) is 26.2. The first-order valence-corrected chi connectivity index (χ1v) is 14.2. The van der Waals surface area contributed by atoms with Crippen LogP contribution in [0.15, 0.2) is 66.7 Å². The van der Waals surface area contributed by atoms with E-state index < -0.39 is 41.1 Å². The second kappa shape index (κ2) is 13.2. The van der Waals surface area contributed by atoms with Gasteiger partial charge >= 0.3 is 6.09 Å². The fourth-order valence-electron chi connectivity index (χ4n) is 4.85. The Morgan fingerprint density at radius 1 is 0.837 bits per heavy atom. The number of alkyl carbamates (subject to hydrolysis) is 1. The van der Waals surface area contributed by atoms with Crippen molar-refractivity contribution in [2.24, 2.45) is 0 Å². The van der Waals surface area contributed by atoms with Crippen molar-refractivity contribution < 1.29 is 29.3 Å². The Bertz CT molecular complexity index is 1430. The Labute approximate surface area is 253 Å². The van der Waals surface area contributed by atoms with Gasteiger partial charge in [-0.05, 0) is 90.3 Å². The number of amides is 3. The first kappa shape index (κ1) is 33.0. The largest absolute Gasteiger partial charge is 0.508 e. The first-order valence-electron chi connectivity index (χ1n) is 14.2. The minimum absolute atomic E-state index is 0.0525. The molecule has 3 amide bonds. The number of nitrogens with one attached hydrogen (secondary N) is 2. The van der Waals surface area contributed by atoms with Crippen molar-refractivity contribution >= 4 is 23.6 Å². The van der Waals surface area contributed by atoms with Gasteiger partial charge in [0.15, 0.2) is 0 Å². The molecule has 0 saturated carbocycles. The van der Waals surface area contributed by atoms with Crippen molar-refractivity contribution in [1.82, 2.24) is 10.2 Å². The second-order valence-electron chi connectivity index (χ2n) is 12.7. The van der Waals surface area contributed by atoms with Crippen LogP contribution in [0.25, 0.3) is 0 Å². The van der Waals surface area contributed by atoms with Crippen LogP contribution in [0.3, 0.4) is 0 Å². The SMILES string of the molecule is Cc1cccc(C)c1NC(=O)C(c1ccccc1O)N(C(=O)C(Cc1ccc(O)cc1)NC(=O)OC(C)(C)C)C(C)(C)C. The van der Waals surface area contributed by atoms with Crippen LogP contribution in [0.2, 0.25) is 0 Å². The highest BCUT2D eigenvalue weighted by molar-refractivity contribution is 6.00. The van der Waals surface area contributed by atoms with Crippen molar-refractivity contribution in [1.29, 1.82) is 0 Å². The average Bonchev–Trinajstić information content (AvgIpc) is 2.88. The molecule has 0 bridgehead atoms. The molecule has 3 aromatic rings. The maximum atomic E-state index is 14.6. The summed E-state index contributed by atoms with van der Waals surface area (Å²) < 4.78 is 5.48. The van der Waals surface area contributed by atoms with E-state index in [0.717, 1.165) is 11.1 Å². The summed E-state index contributed by atoms with van der Waals surface area (Å²) in [5.74, 6) is -1.17. The second-order valence-corrected chi connectivity index (χ2v) is 12.7. The molecule has 0 aromatic heterocycles. The summed E-state index contributed by atoms with van der Waals surface area (Å²) in [6, 6.07) is 15.9. The van der Waals surface area contributed by atoms with Gasteiger partial charge < -0.3 is 30.5 Å². The van der Waals surface area contributed by atoms with Crippen LogP contribution in [0.5, 0.6) is 11.5 Å².